The van der Waals surface area contributed by atoms with E-state index in [0.717, 1.165) is 6.42 Å². The molecule has 0 radical (unpaired) electrons. The minimum absolute atomic E-state index is 0.543. The largest absolute Gasteiger partial charge is 0.157 e. The van der Waals surface area contributed by atoms with Gasteiger partial charge in [0.15, 0.2) is 0 Å². The highest BCUT2D eigenvalue weighted by atomic mass is 32.2. The molecule has 23 heavy (non-hydrogen) atoms. The van der Waals surface area contributed by atoms with Crippen molar-refractivity contribution in [2.45, 2.75) is 18.6 Å². The second-order valence-electron chi connectivity index (χ2n) is 5.71. The first-order valence-corrected chi connectivity index (χ1v) is 9.39. The average molecular weight is 318 g/mol. The highest BCUT2D eigenvalue weighted by Crippen LogP contribution is 2.36. The van der Waals surface area contributed by atoms with E-state index >= 15 is 0 Å². The van der Waals surface area contributed by atoms with Crippen molar-refractivity contribution in [3.63, 3.8) is 0 Å². The van der Waals surface area contributed by atoms with E-state index in [1.54, 1.807) is 0 Å². The highest BCUT2D eigenvalue weighted by molar-refractivity contribution is 7.98. The maximum atomic E-state index is 2.35. The minimum atomic E-state index is 0.543. The van der Waals surface area contributed by atoms with Crippen molar-refractivity contribution in [3.8, 4) is 22.3 Å². The van der Waals surface area contributed by atoms with Gasteiger partial charge >= 0.3 is 0 Å². The molecular weight excluding hydrogens is 296 g/mol. The lowest BCUT2D eigenvalue weighted by molar-refractivity contribution is 0.899. The minimum Gasteiger partial charge on any atom is -0.157 e. The molecule has 0 amide bonds. The first kappa shape index (κ1) is 15.9. The normalized spacial score (nSPS) is 12.1. The van der Waals surface area contributed by atoms with Crippen LogP contribution in [-0.2, 0) is 0 Å². The van der Waals surface area contributed by atoms with Gasteiger partial charge in [-0.3, -0.25) is 0 Å². The summed E-state index contributed by atoms with van der Waals surface area (Å²) in [5.41, 5.74) is 6.58. The fourth-order valence-electron chi connectivity index (χ4n) is 2.97. The summed E-state index contributed by atoms with van der Waals surface area (Å²) in [5, 5.41) is 0.543. The number of rotatable bonds is 5. The van der Waals surface area contributed by atoms with Gasteiger partial charge in [0.1, 0.15) is 0 Å². The van der Waals surface area contributed by atoms with Gasteiger partial charge in [0.25, 0.3) is 0 Å². The third kappa shape index (κ3) is 3.68. The smallest absolute Gasteiger partial charge is 0.0292 e. The molecule has 0 heterocycles. The van der Waals surface area contributed by atoms with Crippen LogP contribution in [0.1, 0.15) is 24.2 Å². The van der Waals surface area contributed by atoms with Crippen LogP contribution in [0.2, 0.25) is 0 Å². The van der Waals surface area contributed by atoms with E-state index in [2.05, 4.69) is 92.0 Å². The molecule has 0 N–H and O–H groups in total. The molecule has 1 atom stereocenters. The zero-order chi connectivity index (χ0) is 16.1. The summed E-state index contributed by atoms with van der Waals surface area (Å²) < 4.78 is 0. The Bertz CT molecular complexity index is 686. The molecule has 3 aromatic carbocycles. The van der Waals surface area contributed by atoms with Gasteiger partial charge < -0.3 is 0 Å². The molecule has 1 heteroatoms. The van der Waals surface area contributed by atoms with Crippen LogP contribution in [-0.4, -0.2) is 6.26 Å². The molecule has 0 fully saturated rings. The Hall–Kier alpha value is -1.99. The summed E-state index contributed by atoms with van der Waals surface area (Å²) in [7, 11) is 0. The van der Waals surface area contributed by atoms with Crippen LogP contribution in [0.4, 0.5) is 0 Å². The fraction of sp³-hybridized carbons (Fsp3) is 0.182. The van der Waals surface area contributed by atoms with Gasteiger partial charge in [-0.05, 0) is 58.7 Å². The van der Waals surface area contributed by atoms with Crippen LogP contribution in [0, 0.1) is 0 Å². The molecule has 0 aliphatic rings. The van der Waals surface area contributed by atoms with Gasteiger partial charge in [0.2, 0.25) is 0 Å². The Labute approximate surface area is 143 Å². The lowest BCUT2D eigenvalue weighted by Crippen LogP contribution is -1.94. The van der Waals surface area contributed by atoms with E-state index in [1.165, 1.54) is 27.8 Å². The second kappa shape index (κ2) is 7.52. The number of hydrogen-bond acceptors (Lipinski definition) is 1. The SMILES string of the molecule is CC[C@@H](SC)c1cc(-c2ccccc2)cc(-c2ccccc2)c1. The average Bonchev–Trinajstić information content (AvgIpc) is 2.64. The lowest BCUT2D eigenvalue weighted by Gasteiger charge is -2.16. The fourth-order valence-corrected chi connectivity index (χ4v) is 3.71. The molecule has 0 spiro atoms. The Morgan fingerprint density at radius 2 is 1.17 bits per heavy atom. The van der Waals surface area contributed by atoms with Gasteiger partial charge in [-0.25, -0.2) is 0 Å². The van der Waals surface area contributed by atoms with Crippen LogP contribution in [0.3, 0.4) is 0 Å². The van der Waals surface area contributed by atoms with Crippen LogP contribution in [0.5, 0.6) is 0 Å². The van der Waals surface area contributed by atoms with Crippen molar-refractivity contribution in [2.75, 3.05) is 6.26 Å². The third-order valence-electron chi connectivity index (χ3n) is 4.20. The van der Waals surface area contributed by atoms with Crippen molar-refractivity contribution >= 4 is 11.8 Å². The van der Waals surface area contributed by atoms with Crippen LogP contribution in [0.15, 0.2) is 78.9 Å². The van der Waals surface area contributed by atoms with Gasteiger partial charge in [-0.2, -0.15) is 11.8 Å². The van der Waals surface area contributed by atoms with E-state index in [0.29, 0.717) is 5.25 Å². The molecule has 0 bridgehead atoms. The summed E-state index contributed by atoms with van der Waals surface area (Å²) in [6.45, 7) is 2.26. The van der Waals surface area contributed by atoms with Crippen molar-refractivity contribution in [3.05, 3.63) is 84.4 Å². The zero-order valence-electron chi connectivity index (χ0n) is 13.7. The Morgan fingerprint density at radius 3 is 1.57 bits per heavy atom. The number of benzene rings is 3. The molecule has 0 aromatic heterocycles. The molecule has 0 aliphatic carbocycles. The second-order valence-corrected chi connectivity index (χ2v) is 6.75. The van der Waals surface area contributed by atoms with Crippen molar-refractivity contribution in [1.29, 1.82) is 0 Å². The molecule has 0 saturated carbocycles. The quantitative estimate of drug-likeness (QED) is 0.496. The summed E-state index contributed by atoms with van der Waals surface area (Å²) in [6.07, 6.45) is 3.35. The molecule has 0 unspecified atom stereocenters. The third-order valence-corrected chi connectivity index (χ3v) is 5.37. The highest BCUT2D eigenvalue weighted by Gasteiger charge is 2.12. The number of thioether (sulfide) groups is 1. The summed E-state index contributed by atoms with van der Waals surface area (Å²) >= 11 is 1.93. The van der Waals surface area contributed by atoms with Gasteiger partial charge in [-0.1, -0.05) is 67.6 Å². The Balaban J connectivity index is 2.15. The van der Waals surface area contributed by atoms with Gasteiger partial charge in [-0.15, -0.1) is 0 Å². The van der Waals surface area contributed by atoms with E-state index in [1.807, 2.05) is 11.8 Å². The molecule has 3 rings (SSSR count). The molecule has 116 valence electrons. The monoisotopic (exact) mass is 318 g/mol. The molecule has 0 aliphatic heterocycles. The topological polar surface area (TPSA) is 0 Å². The van der Waals surface area contributed by atoms with Crippen LogP contribution >= 0.6 is 11.8 Å². The first-order chi connectivity index (χ1) is 11.3. The van der Waals surface area contributed by atoms with E-state index in [9.17, 15) is 0 Å². The summed E-state index contributed by atoms with van der Waals surface area (Å²) in [6, 6.07) is 28.3. The van der Waals surface area contributed by atoms with Crippen molar-refractivity contribution < 1.29 is 0 Å². The van der Waals surface area contributed by atoms with E-state index < -0.39 is 0 Å². The Morgan fingerprint density at radius 1 is 0.696 bits per heavy atom. The lowest BCUT2D eigenvalue weighted by atomic mass is 9.94. The van der Waals surface area contributed by atoms with Gasteiger partial charge in [0, 0.05) is 5.25 Å². The summed E-state index contributed by atoms with van der Waals surface area (Å²) in [5.74, 6) is 0. The molecule has 3 aromatic rings. The zero-order valence-corrected chi connectivity index (χ0v) is 14.5. The maximum Gasteiger partial charge on any atom is 0.0292 e. The molecular formula is C22H22S. The van der Waals surface area contributed by atoms with E-state index in [4.69, 9.17) is 0 Å². The summed E-state index contributed by atoms with van der Waals surface area (Å²) in [4.78, 5) is 0. The molecule has 0 nitrogen and oxygen atoms in total. The van der Waals surface area contributed by atoms with E-state index in [-0.39, 0.29) is 0 Å². The molecule has 0 saturated heterocycles. The van der Waals surface area contributed by atoms with Crippen LogP contribution in [0.25, 0.3) is 22.3 Å². The Kier molecular flexibility index (Phi) is 5.19. The maximum absolute atomic E-state index is 2.35. The predicted molar refractivity (Wildman–Crippen MR) is 104 cm³/mol. The van der Waals surface area contributed by atoms with Crippen molar-refractivity contribution in [2.24, 2.45) is 0 Å². The number of hydrogen-bond donors (Lipinski definition) is 0. The predicted octanol–water partition coefficient (Wildman–Crippen LogP) is 6.83. The van der Waals surface area contributed by atoms with Crippen LogP contribution < -0.4 is 0 Å². The first-order valence-electron chi connectivity index (χ1n) is 8.10. The standard InChI is InChI=1S/C22H22S/c1-3-22(23-2)21-15-19(17-10-6-4-7-11-17)14-20(16-21)18-12-8-5-9-13-18/h4-16,22H,3H2,1-2H3/t22-/m1/s1. The van der Waals surface area contributed by atoms with Gasteiger partial charge in [0.05, 0.1) is 0 Å². The van der Waals surface area contributed by atoms with Crippen molar-refractivity contribution in [1.82, 2.24) is 0 Å².